The van der Waals surface area contributed by atoms with E-state index in [1.165, 1.54) is 13.5 Å². The van der Waals surface area contributed by atoms with Gasteiger partial charge in [-0.15, -0.1) is 0 Å². The summed E-state index contributed by atoms with van der Waals surface area (Å²) in [7, 11) is 1.40. The second-order valence-corrected chi connectivity index (χ2v) is 6.64. The van der Waals surface area contributed by atoms with Crippen LogP contribution in [0, 0.1) is 11.8 Å². The highest BCUT2D eigenvalue weighted by atomic mass is 16.5. The van der Waals surface area contributed by atoms with E-state index < -0.39 is 0 Å². The number of carbonyl (C=O) groups is 2. The van der Waals surface area contributed by atoms with Crippen molar-refractivity contribution in [3.05, 3.63) is 0 Å². The third-order valence-corrected chi connectivity index (χ3v) is 4.81. The van der Waals surface area contributed by atoms with Gasteiger partial charge in [-0.2, -0.15) is 0 Å². The van der Waals surface area contributed by atoms with Crippen molar-refractivity contribution in [3.8, 4) is 0 Å². The van der Waals surface area contributed by atoms with Crippen molar-refractivity contribution >= 4 is 11.9 Å². The molecule has 2 aliphatic rings. The van der Waals surface area contributed by atoms with E-state index >= 15 is 0 Å². The maximum Gasteiger partial charge on any atom is 0.310 e. The van der Waals surface area contributed by atoms with Gasteiger partial charge in [0.1, 0.15) is 0 Å². The number of amides is 1. The maximum atomic E-state index is 12.9. The molecule has 0 aromatic carbocycles. The Morgan fingerprint density at radius 2 is 1.91 bits per heavy atom. The Balaban J connectivity index is 1.98. The largest absolute Gasteiger partial charge is 0.469 e. The molecule has 1 aliphatic heterocycles. The summed E-state index contributed by atoms with van der Waals surface area (Å²) >= 11 is 0. The van der Waals surface area contributed by atoms with E-state index in [1.807, 2.05) is 11.8 Å². The van der Waals surface area contributed by atoms with Crippen molar-refractivity contribution in [1.82, 2.24) is 4.90 Å². The normalized spacial score (nSPS) is 24.0. The van der Waals surface area contributed by atoms with Gasteiger partial charge < -0.3 is 14.4 Å². The van der Waals surface area contributed by atoms with Gasteiger partial charge in [-0.25, -0.2) is 0 Å². The summed E-state index contributed by atoms with van der Waals surface area (Å²) in [4.78, 5) is 26.4. The van der Waals surface area contributed by atoms with Gasteiger partial charge in [0, 0.05) is 25.6 Å². The minimum Gasteiger partial charge on any atom is -0.469 e. The van der Waals surface area contributed by atoms with Crippen LogP contribution in [0.4, 0.5) is 0 Å². The molecule has 1 amide bonds. The minimum atomic E-state index is -0.293. The number of ether oxygens (including phenoxy) is 2. The molecule has 5 nitrogen and oxygen atoms in total. The average Bonchev–Trinajstić information content (AvgIpc) is 3.06. The van der Waals surface area contributed by atoms with E-state index in [1.54, 1.807) is 0 Å². The van der Waals surface area contributed by atoms with Crippen LogP contribution in [0.15, 0.2) is 0 Å². The van der Waals surface area contributed by atoms with Crippen molar-refractivity contribution in [3.63, 3.8) is 0 Å². The summed E-state index contributed by atoms with van der Waals surface area (Å²) in [6.45, 7) is 3.64. The molecule has 5 heteroatoms. The highest BCUT2D eigenvalue weighted by molar-refractivity contribution is 5.80. The van der Waals surface area contributed by atoms with E-state index in [0.29, 0.717) is 13.1 Å². The Bertz CT molecular complexity index is 373. The van der Waals surface area contributed by atoms with Crippen molar-refractivity contribution in [2.45, 2.75) is 58.0 Å². The third-order valence-electron chi connectivity index (χ3n) is 4.81. The van der Waals surface area contributed by atoms with Crippen molar-refractivity contribution in [2.75, 3.05) is 26.8 Å². The number of hydrogen-bond donors (Lipinski definition) is 0. The second-order valence-electron chi connectivity index (χ2n) is 6.64. The number of hydrogen-bond acceptors (Lipinski definition) is 4. The van der Waals surface area contributed by atoms with E-state index in [4.69, 9.17) is 9.47 Å². The molecule has 1 aliphatic carbocycles. The van der Waals surface area contributed by atoms with Crippen LogP contribution >= 0.6 is 0 Å². The number of nitrogens with zero attached hydrogens (tertiary/aromatic N) is 1. The van der Waals surface area contributed by atoms with Crippen LogP contribution in [-0.4, -0.2) is 49.7 Å². The van der Waals surface area contributed by atoms with Crippen LogP contribution in [-0.2, 0) is 19.1 Å². The molecular weight excluding hydrogens is 282 g/mol. The van der Waals surface area contributed by atoms with Crippen molar-refractivity contribution in [2.24, 2.45) is 11.8 Å². The Morgan fingerprint density at radius 1 is 1.18 bits per heavy atom. The predicted octanol–water partition coefficient (Wildman–Crippen LogP) is 2.38. The highest BCUT2D eigenvalue weighted by Crippen LogP contribution is 2.26. The molecule has 2 rings (SSSR count). The molecule has 2 unspecified atom stereocenters. The minimum absolute atomic E-state index is 0.123. The monoisotopic (exact) mass is 311 g/mol. The van der Waals surface area contributed by atoms with Gasteiger partial charge in [-0.05, 0) is 25.7 Å². The van der Waals surface area contributed by atoms with Crippen LogP contribution in [0.3, 0.4) is 0 Å². The predicted molar refractivity (Wildman–Crippen MR) is 83.3 cm³/mol. The summed E-state index contributed by atoms with van der Waals surface area (Å²) in [5.74, 6) is -0.223. The zero-order valence-corrected chi connectivity index (χ0v) is 13.9. The van der Waals surface area contributed by atoms with Crippen LogP contribution in [0.2, 0.25) is 0 Å². The Morgan fingerprint density at radius 3 is 2.50 bits per heavy atom. The second kappa shape index (κ2) is 8.51. The average molecular weight is 311 g/mol. The van der Waals surface area contributed by atoms with Gasteiger partial charge in [0.05, 0.1) is 19.1 Å². The maximum absolute atomic E-state index is 12.9. The zero-order chi connectivity index (χ0) is 15.9. The van der Waals surface area contributed by atoms with Crippen LogP contribution < -0.4 is 0 Å². The first-order chi connectivity index (χ1) is 10.6. The summed E-state index contributed by atoms with van der Waals surface area (Å²) < 4.78 is 10.5. The molecule has 0 radical (unpaired) electrons. The van der Waals surface area contributed by atoms with Crippen molar-refractivity contribution in [1.29, 1.82) is 0 Å². The Hall–Kier alpha value is -1.10. The lowest BCUT2D eigenvalue weighted by molar-refractivity contribution is -0.147. The molecule has 22 heavy (non-hydrogen) atoms. The lowest BCUT2D eigenvalue weighted by atomic mass is 9.88. The quantitative estimate of drug-likeness (QED) is 0.707. The third kappa shape index (κ3) is 4.70. The summed E-state index contributed by atoms with van der Waals surface area (Å²) in [5, 5.41) is 0. The lowest BCUT2D eigenvalue weighted by Crippen LogP contribution is -2.44. The van der Waals surface area contributed by atoms with E-state index in [2.05, 4.69) is 0 Å². The molecule has 126 valence electrons. The van der Waals surface area contributed by atoms with Crippen LogP contribution in [0.25, 0.3) is 0 Å². The van der Waals surface area contributed by atoms with Crippen molar-refractivity contribution < 1.29 is 19.1 Å². The molecule has 1 heterocycles. The van der Waals surface area contributed by atoms with E-state index in [9.17, 15) is 9.59 Å². The first-order valence-corrected chi connectivity index (χ1v) is 8.60. The van der Waals surface area contributed by atoms with E-state index in [0.717, 1.165) is 45.1 Å². The van der Waals surface area contributed by atoms with Gasteiger partial charge in [-0.1, -0.05) is 26.2 Å². The molecular formula is C17H29NO4. The van der Waals surface area contributed by atoms with Gasteiger partial charge in [-0.3, -0.25) is 9.59 Å². The molecule has 0 aromatic heterocycles. The SMILES string of the molecule is COC(=O)C(C)CN(CC1CCCO1)C(=O)C1CCCCC1. The highest BCUT2D eigenvalue weighted by Gasteiger charge is 2.31. The molecule has 0 aromatic rings. The Kier molecular flexibility index (Phi) is 6.68. The smallest absolute Gasteiger partial charge is 0.310 e. The summed E-state index contributed by atoms with van der Waals surface area (Å²) in [6.07, 6.45) is 7.64. The first kappa shape index (κ1) is 17.3. The number of rotatable bonds is 6. The van der Waals surface area contributed by atoms with E-state index in [-0.39, 0.29) is 29.8 Å². The fourth-order valence-electron chi connectivity index (χ4n) is 3.50. The molecule has 0 bridgehead atoms. The number of esters is 1. The lowest BCUT2D eigenvalue weighted by Gasteiger charge is -2.32. The molecule has 0 N–H and O–H groups in total. The summed E-state index contributed by atoms with van der Waals surface area (Å²) in [6, 6.07) is 0. The molecule has 0 spiro atoms. The zero-order valence-electron chi connectivity index (χ0n) is 13.9. The molecule has 1 saturated heterocycles. The van der Waals surface area contributed by atoms with Crippen LogP contribution in [0.5, 0.6) is 0 Å². The molecule has 2 atom stereocenters. The molecule has 1 saturated carbocycles. The fourth-order valence-corrected chi connectivity index (χ4v) is 3.50. The van der Waals surface area contributed by atoms with Gasteiger partial charge in [0.25, 0.3) is 0 Å². The van der Waals surface area contributed by atoms with Gasteiger partial charge in [0.2, 0.25) is 5.91 Å². The Labute approximate surface area is 133 Å². The van der Waals surface area contributed by atoms with Crippen LogP contribution in [0.1, 0.15) is 51.9 Å². The summed E-state index contributed by atoms with van der Waals surface area (Å²) in [5.41, 5.74) is 0. The molecule has 2 fully saturated rings. The number of carbonyl (C=O) groups excluding carboxylic acids is 2. The number of methoxy groups -OCH3 is 1. The van der Waals surface area contributed by atoms with Gasteiger partial charge in [0.15, 0.2) is 0 Å². The standard InChI is InChI=1S/C17H29NO4/c1-13(17(20)21-2)11-18(12-15-9-6-10-22-15)16(19)14-7-4-3-5-8-14/h13-15H,3-12H2,1-2H3. The topological polar surface area (TPSA) is 55.8 Å². The fraction of sp³-hybridized carbons (Fsp3) is 0.882. The first-order valence-electron chi connectivity index (χ1n) is 8.60. The van der Waals surface area contributed by atoms with Gasteiger partial charge >= 0.3 is 5.97 Å².